The number of amides is 2. The molecule has 0 heterocycles. The Kier molecular flexibility index (Phi) is 5.03. The molecule has 0 aliphatic heterocycles. The molecule has 0 spiro atoms. The van der Waals surface area contributed by atoms with E-state index in [-0.39, 0.29) is 17.9 Å². The molecule has 1 aliphatic rings. The number of para-hydroxylation sites is 1. The van der Waals surface area contributed by atoms with Gasteiger partial charge in [-0.2, -0.15) is 0 Å². The van der Waals surface area contributed by atoms with Crippen molar-refractivity contribution in [2.75, 3.05) is 12.4 Å². The summed E-state index contributed by atoms with van der Waals surface area (Å²) >= 11 is 0. The summed E-state index contributed by atoms with van der Waals surface area (Å²) in [4.78, 5) is 26.2. The summed E-state index contributed by atoms with van der Waals surface area (Å²) in [6.45, 7) is 1.96. The molecule has 1 aliphatic carbocycles. The second-order valence-electron chi connectivity index (χ2n) is 6.24. The Bertz CT molecular complexity index is 784. The number of carbonyl (C=O) groups is 2. The minimum absolute atomic E-state index is 0.0272. The lowest BCUT2D eigenvalue weighted by Crippen LogP contribution is -2.32. The van der Waals surface area contributed by atoms with E-state index in [0.29, 0.717) is 17.8 Å². The molecular formula is C20H22N2O3. The lowest BCUT2D eigenvalue weighted by atomic mass is 10.1. The maximum Gasteiger partial charge on any atom is 0.254 e. The van der Waals surface area contributed by atoms with Gasteiger partial charge in [-0.25, -0.2) is 0 Å². The minimum atomic E-state index is -0.155. The molecule has 5 nitrogen and oxygen atoms in total. The normalized spacial score (nSPS) is 13.2. The summed E-state index contributed by atoms with van der Waals surface area (Å²) in [6.07, 6.45) is 2.04. The fourth-order valence-corrected chi connectivity index (χ4v) is 2.87. The van der Waals surface area contributed by atoms with Crippen molar-refractivity contribution < 1.29 is 14.3 Å². The fourth-order valence-electron chi connectivity index (χ4n) is 2.87. The van der Waals surface area contributed by atoms with Crippen LogP contribution in [-0.2, 0) is 11.3 Å². The Balaban J connectivity index is 1.83. The van der Waals surface area contributed by atoms with E-state index in [0.717, 1.165) is 24.2 Å². The Hall–Kier alpha value is -2.82. The number of rotatable bonds is 6. The standard InChI is InChI=1S/C20H22N2O3/c1-14(23)21-17-8-5-7-15(12-17)20(24)22(18-10-11-18)13-16-6-3-4-9-19(16)25-2/h3-9,12,18H,10-11,13H2,1-2H3,(H,21,23). The summed E-state index contributed by atoms with van der Waals surface area (Å²) in [7, 11) is 1.64. The predicted octanol–water partition coefficient (Wildman–Crippen LogP) is 3.46. The van der Waals surface area contributed by atoms with Crippen LogP contribution in [0.25, 0.3) is 0 Å². The Labute approximate surface area is 147 Å². The molecule has 1 fully saturated rings. The van der Waals surface area contributed by atoms with Crippen molar-refractivity contribution in [3.8, 4) is 5.75 Å². The molecule has 0 atom stereocenters. The van der Waals surface area contributed by atoms with E-state index in [4.69, 9.17) is 4.74 Å². The van der Waals surface area contributed by atoms with Gasteiger partial charge in [-0.1, -0.05) is 24.3 Å². The van der Waals surface area contributed by atoms with Gasteiger partial charge >= 0.3 is 0 Å². The van der Waals surface area contributed by atoms with Gasteiger partial charge in [-0.3, -0.25) is 9.59 Å². The number of nitrogens with zero attached hydrogens (tertiary/aromatic N) is 1. The number of hydrogen-bond donors (Lipinski definition) is 1. The molecular weight excluding hydrogens is 316 g/mol. The van der Waals surface area contributed by atoms with E-state index in [1.807, 2.05) is 29.2 Å². The number of anilines is 1. The van der Waals surface area contributed by atoms with Crippen LogP contribution in [0.4, 0.5) is 5.69 Å². The van der Waals surface area contributed by atoms with Crippen LogP contribution in [0.1, 0.15) is 35.7 Å². The van der Waals surface area contributed by atoms with Crippen LogP contribution in [0.5, 0.6) is 5.75 Å². The Morgan fingerprint density at radius 2 is 1.92 bits per heavy atom. The third-order valence-corrected chi connectivity index (χ3v) is 4.21. The van der Waals surface area contributed by atoms with Crippen LogP contribution in [-0.4, -0.2) is 29.9 Å². The SMILES string of the molecule is COc1ccccc1CN(C(=O)c1cccc(NC(C)=O)c1)C1CC1. The largest absolute Gasteiger partial charge is 0.496 e. The summed E-state index contributed by atoms with van der Waals surface area (Å²) in [5.74, 6) is 0.603. The molecule has 2 aromatic rings. The van der Waals surface area contributed by atoms with Gasteiger partial charge in [0.25, 0.3) is 5.91 Å². The van der Waals surface area contributed by atoms with Crippen molar-refractivity contribution in [3.05, 3.63) is 59.7 Å². The van der Waals surface area contributed by atoms with Gasteiger partial charge in [0.05, 0.1) is 7.11 Å². The molecule has 2 aromatic carbocycles. The summed E-state index contributed by atoms with van der Waals surface area (Å²) in [5.41, 5.74) is 2.20. The number of methoxy groups -OCH3 is 1. The first-order valence-corrected chi connectivity index (χ1v) is 8.39. The number of hydrogen-bond acceptors (Lipinski definition) is 3. The highest BCUT2D eigenvalue weighted by Gasteiger charge is 2.33. The first-order valence-electron chi connectivity index (χ1n) is 8.39. The van der Waals surface area contributed by atoms with E-state index in [1.54, 1.807) is 31.4 Å². The third-order valence-electron chi connectivity index (χ3n) is 4.21. The van der Waals surface area contributed by atoms with Gasteiger partial charge in [0, 0.05) is 36.3 Å². The molecule has 3 rings (SSSR count). The molecule has 5 heteroatoms. The topological polar surface area (TPSA) is 58.6 Å². The predicted molar refractivity (Wildman–Crippen MR) is 96.6 cm³/mol. The number of nitrogens with one attached hydrogen (secondary N) is 1. The number of ether oxygens (including phenoxy) is 1. The first kappa shape index (κ1) is 17.0. The first-order chi connectivity index (χ1) is 12.1. The van der Waals surface area contributed by atoms with Crippen molar-refractivity contribution in [3.63, 3.8) is 0 Å². The molecule has 0 aromatic heterocycles. The lowest BCUT2D eigenvalue weighted by molar-refractivity contribution is -0.114. The van der Waals surface area contributed by atoms with Crippen LogP contribution in [0, 0.1) is 0 Å². The van der Waals surface area contributed by atoms with Crippen molar-refractivity contribution in [2.24, 2.45) is 0 Å². The molecule has 1 saturated carbocycles. The average molecular weight is 338 g/mol. The van der Waals surface area contributed by atoms with E-state index < -0.39 is 0 Å². The lowest BCUT2D eigenvalue weighted by Gasteiger charge is -2.24. The maximum absolute atomic E-state index is 13.0. The summed E-state index contributed by atoms with van der Waals surface area (Å²) in [5, 5.41) is 2.72. The molecule has 1 N–H and O–H groups in total. The average Bonchev–Trinajstić information content (AvgIpc) is 3.44. The summed E-state index contributed by atoms with van der Waals surface area (Å²) in [6, 6.07) is 15.1. The van der Waals surface area contributed by atoms with Crippen LogP contribution < -0.4 is 10.1 Å². The zero-order valence-corrected chi connectivity index (χ0v) is 14.5. The Morgan fingerprint density at radius 1 is 1.16 bits per heavy atom. The van der Waals surface area contributed by atoms with E-state index >= 15 is 0 Å². The summed E-state index contributed by atoms with van der Waals surface area (Å²) < 4.78 is 5.41. The molecule has 2 amide bonds. The van der Waals surface area contributed by atoms with Crippen molar-refractivity contribution in [1.29, 1.82) is 0 Å². The molecule has 0 bridgehead atoms. The monoisotopic (exact) mass is 338 g/mol. The molecule has 0 unspecified atom stereocenters. The van der Waals surface area contributed by atoms with Crippen molar-refractivity contribution in [2.45, 2.75) is 32.4 Å². The van der Waals surface area contributed by atoms with Gasteiger partial charge in [-0.05, 0) is 37.1 Å². The quantitative estimate of drug-likeness (QED) is 0.877. The highest BCUT2D eigenvalue weighted by molar-refractivity contribution is 5.97. The van der Waals surface area contributed by atoms with Gasteiger partial charge in [0.2, 0.25) is 5.91 Å². The zero-order valence-electron chi connectivity index (χ0n) is 14.5. The van der Waals surface area contributed by atoms with Crippen LogP contribution in [0.3, 0.4) is 0 Å². The maximum atomic E-state index is 13.0. The Morgan fingerprint density at radius 3 is 2.60 bits per heavy atom. The molecule has 130 valence electrons. The van der Waals surface area contributed by atoms with Gasteiger partial charge in [0.15, 0.2) is 0 Å². The highest BCUT2D eigenvalue weighted by Crippen LogP contribution is 2.32. The van der Waals surface area contributed by atoms with Crippen molar-refractivity contribution >= 4 is 17.5 Å². The van der Waals surface area contributed by atoms with Crippen LogP contribution >= 0.6 is 0 Å². The molecule has 0 radical (unpaired) electrons. The second-order valence-corrected chi connectivity index (χ2v) is 6.24. The minimum Gasteiger partial charge on any atom is -0.496 e. The highest BCUT2D eigenvalue weighted by atomic mass is 16.5. The molecule has 25 heavy (non-hydrogen) atoms. The molecule has 0 saturated heterocycles. The van der Waals surface area contributed by atoms with Gasteiger partial charge in [0.1, 0.15) is 5.75 Å². The van der Waals surface area contributed by atoms with E-state index in [1.165, 1.54) is 6.92 Å². The third kappa shape index (κ3) is 4.18. The smallest absolute Gasteiger partial charge is 0.254 e. The van der Waals surface area contributed by atoms with Gasteiger partial charge < -0.3 is 15.0 Å². The second kappa shape index (κ2) is 7.38. The van der Waals surface area contributed by atoms with E-state index in [9.17, 15) is 9.59 Å². The zero-order chi connectivity index (χ0) is 17.8. The van der Waals surface area contributed by atoms with Gasteiger partial charge in [-0.15, -0.1) is 0 Å². The van der Waals surface area contributed by atoms with Crippen LogP contribution in [0.2, 0.25) is 0 Å². The van der Waals surface area contributed by atoms with Crippen molar-refractivity contribution in [1.82, 2.24) is 4.90 Å². The van der Waals surface area contributed by atoms with Crippen LogP contribution in [0.15, 0.2) is 48.5 Å². The number of benzene rings is 2. The van der Waals surface area contributed by atoms with E-state index in [2.05, 4.69) is 5.32 Å². The number of carbonyl (C=O) groups excluding carboxylic acids is 2. The fraction of sp³-hybridized carbons (Fsp3) is 0.300.